The summed E-state index contributed by atoms with van der Waals surface area (Å²) in [6.07, 6.45) is 0. The van der Waals surface area contributed by atoms with Crippen molar-refractivity contribution in [3.05, 3.63) is 59.2 Å². The highest BCUT2D eigenvalue weighted by Gasteiger charge is 2.20. The molecule has 0 aliphatic carbocycles. The zero-order valence-corrected chi connectivity index (χ0v) is 14.4. The standard InChI is InChI=1S/C18H20N2O3.ClH/c1-11-3-5-13(6-4-11)17(19)18(21)20-12(2)14-7-8-15-16(9-14)23-10-22-15;/h3-9,12,17H,10,19H2,1-2H3,(H,20,21);1H. The molecule has 0 saturated carbocycles. The summed E-state index contributed by atoms with van der Waals surface area (Å²) >= 11 is 0. The van der Waals surface area contributed by atoms with E-state index in [-0.39, 0.29) is 31.1 Å². The third-order valence-corrected chi connectivity index (χ3v) is 3.97. The number of carbonyl (C=O) groups excluding carboxylic acids is 1. The number of hydrogen-bond acceptors (Lipinski definition) is 4. The molecular formula is C18H21ClN2O3. The molecule has 0 aromatic heterocycles. The van der Waals surface area contributed by atoms with Crippen LogP contribution in [0.25, 0.3) is 0 Å². The molecule has 0 fully saturated rings. The van der Waals surface area contributed by atoms with Crippen LogP contribution in [0, 0.1) is 6.92 Å². The van der Waals surface area contributed by atoms with E-state index in [0.717, 1.165) is 22.4 Å². The van der Waals surface area contributed by atoms with Gasteiger partial charge in [-0.05, 0) is 37.1 Å². The molecule has 0 spiro atoms. The lowest BCUT2D eigenvalue weighted by molar-refractivity contribution is -0.123. The van der Waals surface area contributed by atoms with Crippen LogP contribution in [0.1, 0.15) is 35.7 Å². The number of nitrogens with one attached hydrogen (secondary N) is 1. The van der Waals surface area contributed by atoms with Gasteiger partial charge in [-0.15, -0.1) is 12.4 Å². The lowest BCUT2D eigenvalue weighted by atomic mass is 10.0. The Hall–Kier alpha value is -2.24. The minimum Gasteiger partial charge on any atom is -0.454 e. The summed E-state index contributed by atoms with van der Waals surface area (Å²) in [7, 11) is 0. The van der Waals surface area contributed by atoms with Gasteiger partial charge in [0.15, 0.2) is 11.5 Å². The van der Waals surface area contributed by atoms with Crippen LogP contribution < -0.4 is 20.5 Å². The summed E-state index contributed by atoms with van der Waals surface area (Å²) in [6.45, 7) is 4.15. The Bertz CT molecular complexity index is 719. The van der Waals surface area contributed by atoms with Gasteiger partial charge in [-0.3, -0.25) is 4.79 Å². The topological polar surface area (TPSA) is 73.6 Å². The van der Waals surface area contributed by atoms with Gasteiger partial charge in [-0.2, -0.15) is 0 Å². The Kier molecular flexibility index (Phi) is 5.70. The number of halogens is 1. The number of nitrogens with two attached hydrogens (primary N) is 1. The molecule has 1 heterocycles. The van der Waals surface area contributed by atoms with Crippen LogP contribution in [-0.2, 0) is 4.79 Å². The van der Waals surface area contributed by atoms with E-state index < -0.39 is 6.04 Å². The minimum atomic E-state index is -0.688. The van der Waals surface area contributed by atoms with Crippen molar-refractivity contribution in [2.75, 3.05) is 6.79 Å². The van der Waals surface area contributed by atoms with Crippen LogP contribution in [0.3, 0.4) is 0 Å². The maximum atomic E-state index is 12.4. The number of benzene rings is 2. The van der Waals surface area contributed by atoms with E-state index in [0.29, 0.717) is 5.75 Å². The van der Waals surface area contributed by atoms with Gasteiger partial charge in [-0.25, -0.2) is 0 Å². The molecule has 3 N–H and O–H groups in total. The van der Waals surface area contributed by atoms with Crippen molar-refractivity contribution in [3.8, 4) is 11.5 Å². The van der Waals surface area contributed by atoms with E-state index in [1.54, 1.807) is 0 Å². The lowest BCUT2D eigenvalue weighted by Crippen LogP contribution is -2.35. The molecule has 2 unspecified atom stereocenters. The van der Waals surface area contributed by atoms with Gasteiger partial charge in [-0.1, -0.05) is 35.9 Å². The van der Waals surface area contributed by atoms with Crippen LogP contribution in [0.2, 0.25) is 0 Å². The van der Waals surface area contributed by atoms with Crippen molar-refractivity contribution in [1.82, 2.24) is 5.32 Å². The maximum absolute atomic E-state index is 12.4. The summed E-state index contributed by atoms with van der Waals surface area (Å²) in [4.78, 5) is 12.4. The maximum Gasteiger partial charge on any atom is 0.241 e. The second-order valence-electron chi connectivity index (χ2n) is 5.73. The molecule has 0 saturated heterocycles. The highest BCUT2D eigenvalue weighted by molar-refractivity contribution is 5.85. The molecule has 1 aliphatic rings. The van der Waals surface area contributed by atoms with Crippen molar-refractivity contribution < 1.29 is 14.3 Å². The Balaban J connectivity index is 0.00000208. The first-order chi connectivity index (χ1) is 11.0. The number of hydrogen-bond donors (Lipinski definition) is 2. The minimum absolute atomic E-state index is 0. The van der Waals surface area contributed by atoms with Crippen molar-refractivity contribution in [2.24, 2.45) is 5.73 Å². The number of ether oxygens (including phenoxy) is 2. The predicted molar refractivity (Wildman–Crippen MR) is 94.5 cm³/mol. The number of fused-ring (bicyclic) bond motifs is 1. The first-order valence-electron chi connectivity index (χ1n) is 7.56. The van der Waals surface area contributed by atoms with E-state index in [2.05, 4.69) is 5.32 Å². The summed E-state index contributed by atoms with van der Waals surface area (Å²) < 4.78 is 10.7. The van der Waals surface area contributed by atoms with Crippen LogP contribution in [0.15, 0.2) is 42.5 Å². The van der Waals surface area contributed by atoms with Crippen LogP contribution >= 0.6 is 12.4 Å². The van der Waals surface area contributed by atoms with E-state index in [1.165, 1.54) is 0 Å². The first-order valence-corrected chi connectivity index (χ1v) is 7.56. The van der Waals surface area contributed by atoms with E-state index >= 15 is 0 Å². The Labute approximate surface area is 147 Å². The second kappa shape index (κ2) is 7.55. The molecule has 128 valence electrons. The molecular weight excluding hydrogens is 328 g/mol. The van der Waals surface area contributed by atoms with Crippen molar-refractivity contribution in [1.29, 1.82) is 0 Å². The monoisotopic (exact) mass is 348 g/mol. The highest BCUT2D eigenvalue weighted by atomic mass is 35.5. The van der Waals surface area contributed by atoms with Gasteiger partial charge in [0, 0.05) is 0 Å². The average molecular weight is 349 g/mol. The molecule has 2 atom stereocenters. The zero-order chi connectivity index (χ0) is 16.4. The van der Waals surface area contributed by atoms with Crippen molar-refractivity contribution >= 4 is 18.3 Å². The van der Waals surface area contributed by atoms with Gasteiger partial charge in [0.25, 0.3) is 0 Å². The Morgan fingerprint density at radius 2 is 1.71 bits per heavy atom. The average Bonchev–Trinajstić information content (AvgIpc) is 3.02. The summed E-state index contributed by atoms with van der Waals surface area (Å²) in [6, 6.07) is 12.4. The van der Waals surface area contributed by atoms with Gasteiger partial charge in [0.05, 0.1) is 6.04 Å². The fourth-order valence-electron chi connectivity index (χ4n) is 2.49. The Morgan fingerprint density at radius 3 is 2.42 bits per heavy atom. The number of aryl methyl sites for hydroxylation is 1. The van der Waals surface area contributed by atoms with Gasteiger partial charge >= 0.3 is 0 Å². The molecule has 6 heteroatoms. The number of carbonyl (C=O) groups is 1. The third-order valence-electron chi connectivity index (χ3n) is 3.97. The van der Waals surface area contributed by atoms with E-state index in [1.807, 2.05) is 56.3 Å². The van der Waals surface area contributed by atoms with Gasteiger partial charge < -0.3 is 20.5 Å². The summed E-state index contributed by atoms with van der Waals surface area (Å²) in [5, 5.41) is 2.94. The van der Waals surface area contributed by atoms with Crippen LogP contribution in [0.4, 0.5) is 0 Å². The molecule has 3 rings (SSSR count). The quantitative estimate of drug-likeness (QED) is 0.890. The normalized spacial score (nSPS) is 14.5. The molecule has 2 aromatic rings. The molecule has 0 radical (unpaired) electrons. The fourth-order valence-corrected chi connectivity index (χ4v) is 2.49. The molecule has 1 aliphatic heterocycles. The number of amides is 1. The molecule has 24 heavy (non-hydrogen) atoms. The fraction of sp³-hybridized carbons (Fsp3) is 0.278. The van der Waals surface area contributed by atoms with Crippen LogP contribution in [-0.4, -0.2) is 12.7 Å². The SMILES string of the molecule is Cc1ccc(C(N)C(=O)NC(C)c2ccc3c(c2)OCO3)cc1.Cl. The zero-order valence-electron chi connectivity index (χ0n) is 13.6. The van der Waals surface area contributed by atoms with Crippen molar-refractivity contribution in [3.63, 3.8) is 0 Å². The smallest absolute Gasteiger partial charge is 0.241 e. The third kappa shape index (κ3) is 3.80. The second-order valence-corrected chi connectivity index (χ2v) is 5.73. The summed E-state index contributed by atoms with van der Waals surface area (Å²) in [5.74, 6) is 1.22. The van der Waals surface area contributed by atoms with Crippen LogP contribution in [0.5, 0.6) is 11.5 Å². The van der Waals surface area contributed by atoms with Gasteiger partial charge in [0.2, 0.25) is 12.7 Å². The molecule has 5 nitrogen and oxygen atoms in total. The highest BCUT2D eigenvalue weighted by Crippen LogP contribution is 2.34. The van der Waals surface area contributed by atoms with E-state index in [9.17, 15) is 4.79 Å². The lowest BCUT2D eigenvalue weighted by Gasteiger charge is -2.18. The first kappa shape index (κ1) is 18.1. The number of rotatable bonds is 4. The molecule has 2 aromatic carbocycles. The summed E-state index contributed by atoms with van der Waals surface area (Å²) in [5.41, 5.74) is 8.92. The van der Waals surface area contributed by atoms with Gasteiger partial charge in [0.1, 0.15) is 6.04 Å². The predicted octanol–water partition coefficient (Wildman–Crippen LogP) is 3.02. The molecule has 0 bridgehead atoms. The molecule has 1 amide bonds. The van der Waals surface area contributed by atoms with E-state index in [4.69, 9.17) is 15.2 Å². The Morgan fingerprint density at radius 1 is 1.08 bits per heavy atom. The van der Waals surface area contributed by atoms with Crippen molar-refractivity contribution in [2.45, 2.75) is 25.9 Å². The largest absolute Gasteiger partial charge is 0.454 e.